The van der Waals surface area contributed by atoms with Gasteiger partial charge >= 0.3 is 0 Å². The molecule has 2 aromatic rings. The first-order chi connectivity index (χ1) is 9.16. The van der Waals surface area contributed by atoms with Gasteiger partial charge in [-0.3, -0.25) is 4.98 Å². The molecule has 1 unspecified atom stereocenters. The fourth-order valence-electron chi connectivity index (χ4n) is 1.87. The zero-order valence-electron chi connectivity index (χ0n) is 10.8. The maximum Gasteiger partial charge on any atom is 0.126 e. The Morgan fingerprint density at radius 1 is 1.26 bits per heavy atom. The van der Waals surface area contributed by atoms with Crippen molar-refractivity contribution in [3.63, 3.8) is 0 Å². The van der Waals surface area contributed by atoms with E-state index in [9.17, 15) is 9.50 Å². The zero-order chi connectivity index (χ0) is 13.7. The van der Waals surface area contributed by atoms with Crippen LogP contribution in [0.4, 0.5) is 4.39 Å². The molecule has 4 heteroatoms. The normalized spacial score (nSPS) is 12.4. The van der Waals surface area contributed by atoms with Gasteiger partial charge in [-0.2, -0.15) is 0 Å². The number of aliphatic hydroxyl groups is 1. The second-order valence-electron chi connectivity index (χ2n) is 4.51. The van der Waals surface area contributed by atoms with Crippen molar-refractivity contribution in [1.82, 2.24) is 10.3 Å². The minimum absolute atomic E-state index is 0.194. The Morgan fingerprint density at radius 3 is 2.68 bits per heavy atom. The molecule has 0 saturated carbocycles. The summed E-state index contributed by atoms with van der Waals surface area (Å²) in [5.74, 6) is -0.194. The van der Waals surface area contributed by atoms with Crippen LogP contribution in [0.25, 0.3) is 0 Å². The summed E-state index contributed by atoms with van der Waals surface area (Å²) in [6.45, 7) is 2.79. The lowest BCUT2D eigenvalue weighted by Gasteiger charge is -2.12. The molecule has 0 aliphatic carbocycles. The molecule has 1 atom stereocenters. The summed E-state index contributed by atoms with van der Waals surface area (Å²) in [6, 6.07) is 8.59. The highest BCUT2D eigenvalue weighted by Gasteiger charge is 2.06. The van der Waals surface area contributed by atoms with E-state index >= 15 is 0 Å². The second-order valence-corrected chi connectivity index (χ2v) is 4.51. The molecule has 2 rings (SSSR count). The Balaban J connectivity index is 1.85. The van der Waals surface area contributed by atoms with Gasteiger partial charge in [0.05, 0.1) is 6.10 Å². The van der Waals surface area contributed by atoms with Gasteiger partial charge in [0.25, 0.3) is 0 Å². The number of nitrogens with zero attached hydrogens (tertiary/aromatic N) is 1. The minimum Gasteiger partial charge on any atom is -0.387 e. The molecule has 0 bridgehead atoms. The molecule has 0 radical (unpaired) electrons. The minimum atomic E-state index is -0.565. The van der Waals surface area contributed by atoms with Crippen LogP contribution in [0.5, 0.6) is 0 Å². The lowest BCUT2D eigenvalue weighted by atomic mass is 10.1. The van der Waals surface area contributed by atoms with Crippen LogP contribution in [0, 0.1) is 12.7 Å². The monoisotopic (exact) mass is 260 g/mol. The fourth-order valence-corrected chi connectivity index (χ4v) is 1.87. The van der Waals surface area contributed by atoms with Crippen LogP contribution in [0.2, 0.25) is 0 Å². The van der Waals surface area contributed by atoms with Crippen LogP contribution in [-0.4, -0.2) is 16.6 Å². The molecular formula is C15H17FN2O. The number of aliphatic hydroxyl groups excluding tert-OH is 1. The summed E-state index contributed by atoms with van der Waals surface area (Å²) in [6.07, 6.45) is 2.74. The highest BCUT2D eigenvalue weighted by Crippen LogP contribution is 2.11. The number of aryl methyl sites for hydroxylation is 1. The summed E-state index contributed by atoms with van der Waals surface area (Å²) < 4.78 is 13.1. The van der Waals surface area contributed by atoms with E-state index in [1.54, 1.807) is 43.6 Å². The Labute approximate surface area is 112 Å². The molecule has 1 aromatic carbocycles. The largest absolute Gasteiger partial charge is 0.387 e. The quantitative estimate of drug-likeness (QED) is 0.867. The number of nitrogens with one attached hydrogen (secondary N) is 1. The van der Waals surface area contributed by atoms with Gasteiger partial charge in [0.2, 0.25) is 0 Å². The van der Waals surface area contributed by atoms with Crippen molar-refractivity contribution >= 4 is 0 Å². The SMILES string of the molecule is Cc1cc(CNCC(O)c2ccncc2)ccc1F. The number of hydrogen-bond acceptors (Lipinski definition) is 3. The number of hydrogen-bond donors (Lipinski definition) is 2. The molecule has 3 nitrogen and oxygen atoms in total. The third-order valence-electron chi connectivity index (χ3n) is 2.98. The van der Waals surface area contributed by atoms with Gasteiger partial charge in [0, 0.05) is 25.5 Å². The van der Waals surface area contributed by atoms with Crippen molar-refractivity contribution in [3.05, 3.63) is 65.2 Å². The standard InChI is InChI=1S/C15H17FN2O/c1-11-8-12(2-3-14(11)16)9-18-10-15(19)13-4-6-17-7-5-13/h2-8,15,18-19H,9-10H2,1H3. The van der Waals surface area contributed by atoms with Gasteiger partial charge < -0.3 is 10.4 Å². The molecular weight excluding hydrogens is 243 g/mol. The van der Waals surface area contributed by atoms with Crippen molar-refractivity contribution in [2.45, 2.75) is 19.6 Å². The molecule has 0 aliphatic rings. The number of aromatic nitrogens is 1. The van der Waals surface area contributed by atoms with Crippen LogP contribution in [-0.2, 0) is 6.54 Å². The number of benzene rings is 1. The van der Waals surface area contributed by atoms with E-state index in [2.05, 4.69) is 10.3 Å². The van der Waals surface area contributed by atoms with Gasteiger partial charge in [0.1, 0.15) is 5.82 Å². The van der Waals surface area contributed by atoms with Crippen LogP contribution in [0.1, 0.15) is 22.8 Å². The van der Waals surface area contributed by atoms with E-state index in [-0.39, 0.29) is 5.82 Å². The molecule has 0 saturated heterocycles. The molecule has 2 N–H and O–H groups in total. The van der Waals surface area contributed by atoms with Crippen LogP contribution >= 0.6 is 0 Å². The summed E-state index contributed by atoms with van der Waals surface area (Å²) in [5, 5.41) is 13.1. The smallest absolute Gasteiger partial charge is 0.126 e. The molecule has 0 amide bonds. The highest BCUT2D eigenvalue weighted by atomic mass is 19.1. The van der Waals surface area contributed by atoms with Crippen molar-refractivity contribution in [2.24, 2.45) is 0 Å². The summed E-state index contributed by atoms with van der Waals surface area (Å²) >= 11 is 0. The van der Waals surface area contributed by atoms with Crippen LogP contribution in [0.15, 0.2) is 42.7 Å². The lowest BCUT2D eigenvalue weighted by Crippen LogP contribution is -2.21. The molecule has 0 fully saturated rings. The first-order valence-corrected chi connectivity index (χ1v) is 6.20. The Hall–Kier alpha value is -1.78. The van der Waals surface area contributed by atoms with Crippen molar-refractivity contribution in [3.8, 4) is 0 Å². The average Bonchev–Trinajstić information content (AvgIpc) is 2.43. The molecule has 1 heterocycles. The van der Waals surface area contributed by atoms with Gasteiger partial charge in [-0.25, -0.2) is 4.39 Å². The molecule has 19 heavy (non-hydrogen) atoms. The van der Waals surface area contributed by atoms with Gasteiger partial charge in [-0.15, -0.1) is 0 Å². The van der Waals surface area contributed by atoms with E-state index in [1.807, 2.05) is 0 Å². The highest BCUT2D eigenvalue weighted by molar-refractivity contribution is 5.23. The molecule has 0 aliphatic heterocycles. The lowest BCUT2D eigenvalue weighted by molar-refractivity contribution is 0.174. The first kappa shape index (κ1) is 13.6. The van der Waals surface area contributed by atoms with Crippen LogP contribution < -0.4 is 5.32 Å². The van der Waals surface area contributed by atoms with E-state index in [0.717, 1.165) is 11.1 Å². The maximum atomic E-state index is 13.1. The van der Waals surface area contributed by atoms with Crippen LogP contribution in [0.3, 0.4) is 0 Å². The number of pyridine rings is 1. The topological polar surface area (TPSA) is 45.1 Å². The number of rotatable bonds is 5. The van der Waals surface area contributed by atoms with E-state index in [4.69, 9.17) is 0 Å². The summed E-state index contributed by atoms with van der Waals surface area (Å²) in [5.41, 5.74) is 2.47. The maximum absolute atomic E-state index is 13.1. The first-order valence-electron chi connectivity index (χ1n) is 6.20. The van der Waals surface area contributed by atoms with Gasteiger partial charge in [-0.05, 0) is 41.8 Å². The zero-order valence-corrected chi connectivity index (χ0v) is 10.8. The van der Waals surface area contributed by atoms with Crippen molar-refractivity contribution in [2.75, 3.05) is 6.54 Å². The Bertz CT molecular complexity index is 531. The summed E-state index contributed by atoms with van der Waals surface area (Å²) in [4.78, 5) is 3.91. The molecule has 0 spiro atoms. The molecule has 100 valence electrons. The van der Waals surface area contributed by atoms with E-state index in [0.29, 0.717) is 18.7 Å². The molecule has 1 aromatic heterocycles. The van der Waals surface area contributed by atoms with Crippen molar-refractivity contribution < 1.29 is 9.50 Å². The summed E-state index contributed by atoms with van der Waals surface area (Å²) in [7, 11) is 0. The average molecular weight is 260 g/mol. The van der Waals surface area contributed by atoms with Gasteiger partial charge in [0.15, 0.2) is 0 Å². The Kier molecular flexibility index (Phi) is 4.60. The predicted molar refractivity (Wildman–Crippen MR) is 72.0 cm³/mol. The van der Waals surface area contributed by atoms with E-state index in [1.165, 1.54) is 6.07 Å². The Morgan fingerprint density at radius 2 is 2.00 bits per heavy atom. The third-order valence-corrected chi connectivity index (χ3v) is 2.98. The van der Waals surface area contributed by atoms with Gasteiger partial charge in [-0.1, -0.05) is 12.1 Å². The predicted octanol–water partition coefficient (Wildman–Crippen LogP) is 2.35. The van der Waals surface area contributed by atoms with Crippen molar-refractivity contribution in [1.29, 1.82) is 0 Å². The second kappa shape index (κ2) is 6.41. The van der Waals surface area contributed by atoms with E-state index < -0.39 is 6.10 Å². The third kappa shape index (κ3) is 3.84. The number of halogens is 1. The fraction of sp³-hybridized carbons (Fsp3) is 0.267.